The summed E-state index contributed by atoms with van der Waals surface area (Å²) in [5.41, 5.74) is 4.40. The number of thioether (sulfide) groups is 1. The van der Waals surface area contributed by atoms with Crippen LogP contribution >= 0.6 is 11.8 Å². The largest absolute Gasteiger partial charge is 0.378 e. The van der Waals surface area contributed by atoms with Crippen molar-refractivity contribution in [1.82, 2.24) is 4.90 Å². The van der Waals surface area contributed by atoms with Crippen molar-refractivity contribution in [3.05, 3.63) is 107 Å². The van der Waals surface area contributed by atoms with Gasteiger partial charge in [0, 0.05) is 18.8 Å². The predicted octanol–water partition coefficient (Wildman–Crippen LogP) is 5.20. The molecule has 2 saturated heterocycles. The minimum absolute atomic E-state index is 0.00193. The van der Waals surface area contributed by atoms with Crippen LogP contribution in [0, 0.1) is 0 Å². The zero-order chi connectivity index (χ0) is 23.2. The number of nitrogens with zero attached hydrogens (tertiary/aromatic N) is 3. The Morgan fingerprint density at radius 3 is 2.18 bits per heavy atom. The molecule has 0 unspecified atom stereocenters. The van der Waals surface area contributed by atoms with E-state index >= 15 is 0 Å². The lowest BCUT2D eigenvalue weighted by Crippen LogP contribution is -2.36. The molecule has 0 radical (unpaired) electrons. The summed E-state index contributed by atoms with van der Waals surface area (Å²) in [4.78, 5) is 23.0. The van der Waals surface area contributed by atoms with Crippen LogP contribution in [-0.2, 0) is 22.6 Å². The number of morpholine rings is 1. The normalized spacial score (nSPS) is 18.8. The Kier molecular flexibility index (Phi) is 7.08. The van der Waals surface area contributed by atoms with Crippen molar-refractivity contribution in [2.45, 2.75) is 13.1 Å². The Bertz CT molecular complexity index is 1170. The molecule has 3 aromatic carbocycles. The van der Waals surface area contributed by atoms with Crippen LogP contribution < -0.4 is 4.90 Å². The molecule has 0 atom stereocenters. The highest BCUT2D eigenvalue weighted by atomic mass is 32.2. The average Bonchev–Trinajstić information content (AvgIpc) is 3.19. The van der Waals surface area contributed by atoms with Crippen molar-refractivity contribution < 1.29 is 9.53 Å². The summed E-state index contributed by atoms with van der Waals surface area (Å²) < 4.78 is 5.45. The molecule has 1 amide bonds. The topological polar surface area (TPSA) is 45.1 Å². The highest BCUT2D eigenvalue weighted by Gasteiger charge is 2.33. The smallest absolute Gasteiger partial charge is 0.267 e. The first kappa shape index (κ1) is 22.4. The fourth-order valence-electron chi connectivity index (χ4n) is 4.03. The Labute approximate surface area is 204 Å². The minimum Gasteiger partial charge on any atom is -0.378 e. The van der Waals surface area contributed by atoms with Gasteiger partial charge in [0.15, 0.2) is 5.17 Å². The molecule has 34 heavy (non-hydrogen) atoms. The van der Waals surface area contributed by atoms with Crippen LogP contribution in [0.1, 0.15) is 16.7 Å². The number of carbonyl (C=O) groups is 1. The van der Waals surface area contributed by atoms with E-state index in [1.165, 1.54) is 17.4 Å². The van der Waals surface area contributed by atoms with E-state index in [0.717, 1.165) is 48.2 Å². The molecule has 0 aliphatic carbocycles. The van der Waals surface area contributed by atoms with Crippen LogP contribution in [0.15, 0.2) is 94.8 Å². The molecular weight excluding hydrogens is 442 g/mol. The van der Waals surface area contributed by atoms with Crippen molar-refractivity contribution in [2.75, 3.05) is 31.2 Å². The Morgan fingerprint density at radius 1 is 0.853 bits per heavy atom. The quantitative estimate of drug-likeness (QED) is 0.466. The van der Waals surface area contributed by atoms with Gasteiger partial charge in [0.2, 0.25) is 0 Å². The van der Waals surface area contributed by atoms with Crippen LogP contribution in [0.3, 0.4) is 0 Å². The summed E-state index contributed by atoms with van der Waals surface area (Å²) in [5.74, 6) is -0.00193. The number of amidine groups is 1. The van der Waals surface area contributed by atoms with E-state index in [9.17, 15) is 4.79 Å². The van der Waals surface area contributed by atoms with Crippen LogP contribution in [0.2, 0.25) is 0 Å². The van der Waals surface area contributed by atoms with Crippen molar-refractivity contribution in [1.29, 1.82) is 0 Å². The molecule has 2 fully saturated rings. The van der Waals surface area contributed by atoms with E-state index in [1.54, 1.807) is 4.90 Å². The molecule has 0 bridgehead atoms. The van der Waals surface area contributed by atoms with Crippen LogP contribution in [0.5, 0.6) is 0 Å². The molecule has 2 aliphatic rings. The second-order valence-corrected chi connectivity index (χ2v) is 9.27. The van der Waals surface area contributed by atoms with E-state index in [0.29, 0.717) is 18.0 Å². The molecule has 2 heterocycles. The van der Waals surface area contributed by atoms with Gasteiger partial charge >= 0.3 is 0 Å². The third kappa shape index (κ3) is 5.41. The second kappa shape index (κ2) is 10.7. The predicted molar refractivity (Wildman–Crippen MR) is 140 cm³/mol. The molecular formula is C28H27N3O2S. The molecule has 3 aromatic rings. The van der Waals surface area contributed by atoms with Crippen molar-refractivity contribution >= 4 is 34.6 Å². The van der Waals surface area contributed by atoms with Crippen LogP contribution in [-0.4, -0.2) is 42.3 Å². The number of carbonyl (C=O) groups excluding carboxylic acids is 1. The number of aliphatic imine (C=N–C) groups is 1. The summed E-state index contributed by atoms with van der Waals surface area (Å²) in [6.45, 7) is 4.39. The second-order valence-electron chi connectivity index (χ2n) is 8.26. The first-order valence-corrected chi connectivity index (χ1v) is 12.3. The molecule has 0 aromatic heterocycles. The molecule has 2 aliphatic heterocycles. The summed E-state index contributed by atoms with van der Waals surface area (Å²) in [6.07, 6.45) is 1.97. The standard InChI is InChI=1S/C28H27N3O2S/c32-27-26(19-22-11-13-25(14-12-22)30-15-17-33-18-16-30)34-28(29-20-23-7-3-1-4-8-23)31(27)21-24-9-5-2-6-10-24/h1-14,19H,15-18,20-21H2/b26-19+,29-28?. The van der Waals surface area contributed by atoms with E-state index in [2.05, 4.69) is 41.3 Å². The van der Waals surface area contributed by atoms with E-state index in [1.807, 2.05) is 54.6 Å². The van der Waals surface area contributed by atoms with Gasteiger partial charge in [-0.2, -0.15) is 0 Å². The highest BCUT2D eigenvalue weighted by Crippen LogP contribution is 2.34. The van der Waals surface area contributed by atoms with Gasteiger partial charge in [0.05, 0.1) is 31.2 Å². The van der Waals surface area contributed by atoms with Crippen molar-refractivity contribution in [3.63, 3.8) is 0 Å². The van der Waals surface area contributed by atoms with Gasteiger partial charge in [-0.05, 0) is 46.7 Å². The maximum atomic E-state index is 13.4. The van der Waals surface area contributed by atoms with Gasteiger partial charge in [-0.25, -0.2) is 0 Å². The zero-order valence-electron chi connectivity index (χ0n) is 19.0. The minimum atomic E-state index is -0.00193. The third-order valence-corrected chi connectivity index (χ3v) is 6.92. The Hall–Kier alpha value is -3.35. The molecule has 172 valence electrons. The highest BCUT2D eigenvalue weighted by molar-refractivity contribution is 8.18. The molecule has 6 heteroatoms. The molecule has 0 saturated carbocycles. The Morgan fingerprint density at radius 2 is 1.50 bits per heavy atom. The fraction of sp³-hybridized carbons (Fsp3) is 0.214. The number of hydrogen-bond acceptors (Lipinski definition) is 5. The number of anilines is 1. The van der Waals surface area contributed by atoms with Crippen molar-refractivity contribution in [3.8, 4) is 0 Å². The SMILES string of the molecule is O=C1/C(=C\c2ccc(N3CCOCC3)cc2)SC(=NCc2ccccc2)N1Cc1ccccc1. The van der Waals surface area contributed by atoms with Crippen LogP contribution in [0.25, 0.3) is 6.08 Å². The van der Waals surface area contributed by atoms with Gasteiger partial charge < -0.3 is 9.64 Å². The van der Waals surface area contributed by atoms with Gasteiger partial charge in [0.1, 0.15) is 0 Å². The van der Waals surface area contributed by atoms with Gasteiger partial charge in [0.25, 0.3) is 5.91 Å². The lowest BCUT2D eigenvalue weighted by Gasteiger charge is -2.28. The summed E-state index contributed by atoms with van der Waals surface area (Å²) in [5, 5.41) is 0.744. The number of rotatable bonds is 6. The monoisotopic (exact) mass is 469 g/mol. The van der Waals surface area contributed by atoms with E-state index in [-0.39, 0.29) is 5.91 Å². The average molecular weight is 470 g/mol. The maximum Gasteiger partial charge on any atom is 0.267 e. The molecule has 0 N–H and O–H groups in total. The summed E-state index contributed by atoms with van der Waals surface area (Å²) >= 11 is 1.45. The molecule has 5 nitrogen and oxygen atoms in total. The molecule has 0 spiro atoms. The van der Waals surface area contributed by atoms with Gasteiger partial charge in [-0.15, -0.1) is 0 Å². The summed E-state index contributed by atoms with van der Waals surface area (Å²) in [7, 11) is 0. The summed E-state index contributed by atoms with van der Waals surface area (Å²) in [6, 6.07) is 28.6. The van der Waals surface area contributed by atoms with Crippen LogP contribution in [0.4, 0.5) is 5.69 Å². The van der Waals surface area contributed by atoms with Gasteiger partial charge in [-0.3, -0.25) is 14.7 Å². The third-order valence-electron chi connectivity index (χ3n) is 5.88. The Balaban J connectivity index is 1.37. The van der Waals surface area contributed by atoms with E-state index in [4.69, 9.17) is 9.73 Å². The number of benzene rings is 3. The lowest BCUT2D eigenvalue weighted by atomic mass is 10.1. The molecule has 5 rings (SSSR count). The maximum absolute atomic E-state index is 13.4. The lowest BCUT2D eigenvalue weighted by molar-refractivity contribution is -0.122. The fourth-order valence-corrected chi connectivity index (χ4v) is 5.00. The first-order valence-electron chi connectivity index (χ1n) is 11.5. The number of ether oxygens (including phenoxy) is 1. The van der Waals surface area contributed by atoms with Gasteiger partial charge in [-0.1, -0.05) is 72.8 Å². The zero-order valence-corrected chi connectivity index (χ0v) is 19.8. The van der Waals surface area contributed by atoms with Crippen molar-refractivity contribution in [2.24, 2.45) is 4.99 Å². The first-order chi connectivity index (χ1) is 16.8. The number of hydrogen-bond donors (Lipinski definition) is 0. The van der Waals surface area contributed by atoms with E-state index < -0.39 is 0 Å². The number of amides is 1.